The first kappa shape index (κ1) is 16.0. The summed E-state index contributed by atoms with van der Waals surface area (Å²) < 4.78 is 0. The van der Waals surface area contributed by atoms with E-state index in [2.05, 4.69) is 17.6 Å². The normalized spacial score (nSPS) is 10.9. The van der Waals surface area contributed by atoms with Crippen molar-refractivity contribution in [3.05, 3.63) is 35.4 Å². The topological polar surface area (TPSA) is 78.4 Å². The molecule has 110 valence electrons. The number of benzene rings is 1. The van der Waals surface area contributed by atoms with Gasteiger partial charge in [-0.2, -0.15) is 0 Å². The van der Waals surface area contributed by atoms with Crippen LogP contribution in [0.1, 0.15) is 49.5 Å². The summed E-state index contributed by atoms with van der Waals surface area (Å²) in [7, 11) is 0. The summed E-state index contributed by atoms with van der Waals surface area (Å²) >= 11 is 0. The summed E-state index contributed by atoms with van der Waals surface area (Å²) in [5, 5.41) is 14.5. The average molecular weight is 278 g/mol. The molecule has 0 fully saturated rings. The van der Waals surface area contributed by atoms with Crippen LogP contribution in [0.3, 0.4) is 0 Å². The lowest BCUT2D eigenvalue weighted by molar-refractivity contribution is 0.0696. The molecule has 0 saturated carbocycles. The van der Waals surface area contributed by atoms with Crippen molar-refractivity contribution >= 4 is 12.0 Å². The molecule has 0 aliphatic rings. The highest BCUT2D eigenvalue weighted by atomic mass is 16.4. The molecule has 0 radical (unpaired) electrons. The van der Waals surface area contributed by atoms with E-state index in [1.807, 2.05) is 13.8 Å². The molecule has 1 rings (SSSR count). The van der Waals surface area contributed by atoms with E-state index in [1.54, 1.807) is 18.2 Å². The number of rotatable bonds is 6. The van der Waals surface area contributed by atoms with Crippen LogP contribution in [0, 0.1) is 0 Å². The van der Waals surface area contributed by atoms with E-state index in [1.165, 1.54) is 6.07 Å². The molecule has 5 heteroatoms. The van der Waals surface area contributed by atoms with Crippen molar-refractivity contribution < 1.29 is 14.7 Å². The van der Waals surface area contributed by atoms with E-state index in [0.29, 0.717) is 6.54 Å². The quantitative estimate of drug-likeness (QED) is 0.748. The van der Waals surface area contributed by atoms with E-state index in [0.717, 1.165) is 18.4 Å². The molecule has 20 heavy (non-hydrogen) atoms. The number of carbonyl (C=O) groups excluding carboxylic acids is 1. The summed E-state index contributed by atoms with van der Waals surface area (Å²) in [5.74, 6) is -0.972. The minimum absolute atomic E-state index is 0.219. The summed E-state index contributed by atoms with van der Waals surface area (Å²) in [6.07, 6.45) is 1.89. The van der Waals surface area contributed by atoms with Crippen molar-refractivity contribution in [3.63, 3.8) is 0 Å². The molecular formula is C15H22N2O3. The lowest BCUT2D eigenvalue weighted by atomic mass is 9.99. The molecule has 0 atom stereocenters. The standard InChI is InChI=1S/C15H22N2O3/c1-4-8-15(2,3)17-14(20)16-10-11-6-5-7-12(9-11)13(18)19/h5-7,9H,4,8,10H2,1-3H3,(H,18,19)(H2,16,17,20). The van der Waals surface area contributed by atoms with Crippen LogP contribution in [0.4, 0.5) is 4.79 Å². The number of carboxylic acids is 1. The monoisotopic (exact) mass is 278 g/mol. The molecule has 0 unspecified atom stereocenters. The number of hydrogen-bond donors (Lipinski definition) is 3. The molecule has 0 bridgehead atoms. The van der Waals surface area contributed by atoms with Gasteiger partial charge in [-0.25, -0.2) is 9.59 Å². The zero-order valence-corrected chi connectivity index (χ0v) is 12.2. The maximum absolute atomic E-state index is 11.8. The highest BCUT2D eigenvalue weighted by Gasteiger charge is 2.18. The van der Waals surface area contributed by atoms with Gasteiger partial charge in [-0.05, 0) is 38.0 Å². The van der Waals surface area contributed by atoms with Crippen LogP contribution in [0.2, 0.25) is 0 Å². The molecule has 0 aliphatic heterocycles. The van der Waals surface area contributed by atoms with Crippen LogP contribution in [0.5, 0.6) is 0 Å². The Morgan fingerprint density at radius 1 is 1.30 bits per heavy atom. The van der Waals surface area contributed by atoms with E-state index in [9.17, 15) is 9.59 Å². The molecule has 0 saturated heterocycles. The lowest BCUT2D eigenvalue weighted by Crippen LogP contribution is -2.48. The Labute approximate surface area is 119 Å². The summed E-state index contributed by atoms with van der Waals surface area (Å²) in [5.41, 5.74) is 0.728. The molecule has 0 heterocycles. The Kier molecular flexibility index (Phi) is 5.55. The second kappa shape index (κ2) is 6.93. The maximum atomic E-state index is 11.8. The molecule has 0 spiro atoms. The average Bonchev–Trinajstić information content (AvgIpc) is 2.36. The Hall–Kier alpha value is -2.04. The molecule has 1 aromatic rings. The van der Waals surface area contributed by atoms with Gasteiger partial charge in [-0.1, -0.05) is 25.5 Å². The van der Waals surface area contributed by atoms with Crippen LogP contribution in [0.15, 0.2) is 24.3 Å². The smallest absolute Gasteiger partial charge is 0.335 e. The van der Waals surface area contributed by atoms with Gasteiger partial charge in [0.05, 0.1) is 5.56 Å². The van der Waals surface area contributed by atoms with Gasteiger partial charge in [0.15, 0.2) is 0 Å². The predicted octanol–water partition coefficient (Wildman–Crippen LogP) is 2.76. The van der Waals surface area contributed by atoms with Crippen LogP contribution in [-0.2, 0) is 6.54 Å². The van der Waals surface area contributed by atoms with Crippen molar-refractivity contribution in [1.82, 2.24) is 10.6 Å². The Morgan fingerprint density at radius 2 is 2.00 bits per heavy atom. The van der Waals surface area contributed by atoms with E-state index in [4.69, 9.17) is 5.11 Å². The Balaban J connectivity index is 2.53. The third-order valence-corrected chi connectivity index (χ3v) is 2.95. The number of urea groups is 1. The van der Waals surface area contributed by atoms with Crippen molar-refractivity contribution in [2.24, 2.45) is 0 Å². The highest BCUT2D eigenvalue weighted by Crippen LogP contribution is 2.10. The summed E-state index contributed by atoms with van der Waals surface area (Å²) in [6.45, 7) is 6.32. The van der Waals surface area contributed by atoms with Gasteiger partial charge in [-0.15, -0.1) is 0 Å². The fraction of sp³-hybridized carbons (Fsp3) is 0.467. The zero-order valence-electron chi connectivity index (χ0n) is 12.2. The first-order valence-corrected chi connectivity index (χ1v) is 6.72. The minimum Gasteiger partial charge on any atom is -0.478 e. The minimum atomic E-state index is -0.972. The van der Waals surface area contributed by atoms with Gasteiger partial charge in [0.25, 0.3) is 0 Å². The van der Waals surface area contributed by atoms with Crippen molar-refractivity contribution in [2.75, 3.05) is 0 Å². The van der Waals surface area contributed by atoms with Crippen LogP contribution in [-0.4, -0.2) is 22.6 Å². The van der Waals surface area contributed by atoms with Crippen LogP contribution in [0.25, 0.3) is 0 Å². The third kappa shape index (κ3) is 5.30. The van der Waals surface area contributed by atoms with Crippen molar-refractivity contribution in [1.29, 1.82) is 0 Å². The molecular weight excluding hydrogens is 256 g/mol. The fourth-order valence-electron chi connectivity index (χ4n) is 2.04. The first-order chi connectivity index (χ1) is 9.34. The summed E-state index contributed by atoms with van der Waals surface area (Å²) in [4.78, 5) is 22.6. The van der Waals surface area contributed by atoms with Gasteiger partial charge in [0, 0.05) is 12.1 Å². The molecule has 3 N–H and O–H groups in total. The molecule has 5 nitrogen and oxygen atoms in total. The van der Waals surface area contributed by atoms with E-state index in [-0.39, 0.29) is 17.1 Å². The number of nitrogens with one attached hydrogen (secondary N) is 2. The van der Waals surface area contributed by atoms with Crippen molar-refractivity contribution in [2.45, 2.75) is 45.7 Å². The molecule has 2 amide bonds. The number of amides is 2. The van der Waals surface area contributed by atoms with Crippen LogP contribution < -0.4 is 10.6 Å². The second-order valence-corrected chi connectivity index (χ2v) is 5.45. The maximum Gasteiger partial charge on any atom is 0.335 e. The van der Waals surface area contributed by atoms with Gasteiger partial charge in [0.2, 0.25) is 0 Å². The lowest BCUT2D eigenvalue weighted by Gasteiger charge is -2.25. The molecule has 1 aromatic carbocycles. The number of carbonyl (C=O) groups is 2. The SMILES string of the molecule is CCCC(C)(C)NC(=O)NCc1cccc(C(=O)O)c1. The third-order valence-electron chi connectivity index (χ3n) is 2.95. The first-order valence-electron chi connectivity index (χ1n) is 6.72. The number of carboxylic acid groups (broad SMARTS) is 1. The van der Waals surface area contributed by atoms with E-state index >= 15 is 0 Å². The number of aromatic carboxylic acids is 1. The summed E-state index contributed by atoms with van der Waals surface area (Å²) in [6, 6.07) is 6.28. The number of hydrogen-bond acceptors (Lipinski definition) is 2. The largest absolute Gasteiger partial charge is 0.478 e. The van der Waals surface area contributed by atoms with E-state index < -0.39 is 5.97 Å². The van der Waals surface area contributed by atoms with Gasteiger partial charge >= 0.3 is 12.0 Å². The van der Waals surface area contributed by atoms with Gasteiger partial charge < -0.3 is 15.7 Å². The van der Waals surface area contributed by atoms with Crippen molar-refractivity contribution in [3.8, 4) is 0 Å². The Bertz CT molecular complexity index is 484. The molecule has 0 aromatic heterocycles. The van der Waals surface area contributed by atoms with Gasteiger partial charge in [0.1, 0.15) is 0 Å². The molecule has 0 aliphatic carbocycles. The Morgan fingerprint density at radius 3 is 2.60 bits per heavy atom. The van der Waals surface area contributed by atoms with Gasteiger partial charge in [-0.3, -0.25) is 0 Å². The zero-order chi connectivity index (χ0) is 15.2. The highest BCUT2D eigenvalue weighted by molar-refractivity contribution is 5.87. The van der Waals surface area contributed by atoms with Crippen LogP contribution >= 0.6 is 0 Å². The second-order valence-electron chi connectivity index (χ2n) is 5.45. The predicted molar refractivity (Wildman–Crippen MR) is 77.8 cm³/mol. The fourth-order valence-corrected chi connectivity index (χ4v) is 2.04.